The Kier molecular flexibility index (Phi) is 3.01. The van der Waals surface area contributed by atoms with Crippen molar-refractivity contribution < 1.29 is 9.53 Å². The summed E-state index contributed by atoms with van der Waals surface area (Å²) in [5, 5.41) is 0. The largest absolute Gasteiger partial charge is 0.462 e. The van der Waals surface area contributed by atoms with Gasteiger partial charge in [0.05, 0.1) is 12.2 Å². The first-order valence-corrected chi connectivity index (χ1v) is 6.25. The van der Waals surface area contributed by atoms with E-state index in [0.29, 0.717) is 12.2 Å². The topological polar surface area (TPSA) is 26.3 Å². The predicted molar refractivity (Wildman–Crippen MR) is 62.6 cm³/mol. The summed E-state index contributed by atoms with van der Waals surface area (Å²) in [7, 11) is 0. The smallest absolute Gasteiger partial charge is 0.337 e. The molecule has 0 N–H and O–H groups in total. The fourth-order valence-electron chi connectivity index (χ4n) is 2.41. The molecule has 2 rings (SSSR count). The Morgan fingerprint density at radius 3 is 2.80 bits per heavy atom. The molecule has 15 heavy (non-hydrogen) atoms. The van der Waals surface area contributed by atoms with Crippen LogP contribution >= 0.6 is 15.9 Å². The van der Waals surface area contributed by atoms with Gasteiger partial charge in [0, 0.05) is 9.90 Å². The average molecular weight is 271 g/mol. The lowest BCUT2D eigenvalue weighted by Gasteiger charge is -2.20. The number of hydrogen-bond acceptors (Lipinski definition) is 2. The second kappa shape index (κ2) is 4.12. The molecule has 82 valence electrons. The van der Waals surface area contributed by atoms with E-state index >= 15 is 0 Å². The molecule has 0 radical (unpaired) electrons. The highest BCUT2D eigenvalue weighted by atomic mass is 79.9. The molecule has 0 aromatic rings. The van der Waals surface area contributed by atoms with Gasteiger partial charge < -0.3 is 4.74 Å². The molecule has 1 spiro atoms. The molecule has 0 aromatic carbocycles. The molecule has 0 aromatic heterocycles. The van der Waals surface area contributed by atoms with E-state index in [2.05, 4.69) is 22.0 Å². The number of carbonyl (C=O) groups excluding carboxylic acids is 1. The number of allylic oxidation sites excluding steroid dienone is 2. The lowest BCUT2D eigenvalue weighted by atomic mass is 9.88. The van der Waals surface area contributed by atoms with Crippen LogP contribution in [0.3, 0.4) is 0 Å². The third-order valence-electron chi connectivity index (χ3n) is 3.20. The Morgan fingerprint density at radius 2 is 2.20 bits per heavy atom. The minimum atomic E-state index is -0.196. The van der Waals surface area contributed by atoms with Crippen LogP contribution in [0.25, 0.3) is 0 Å². The van der Waals surface area contributed by atoms with E-state index in [-0.39, 0.29) is 11.4 Å². The van der Waals surface area contributed by atoms with Gasteiger partial charge in [-0.25, -0.2) is 4.79 Å². The van der Waals surface area contributed by atoms with Gasteiger partial charge in [-0.15, -0.1) is 0 Å². The summed E-state index contributed by atoms with van der Waals surface area (Å²) in [6, 6.07) is 0. The third kappa shape index (κ3) is 1.89. The lowest BCUT2D eigenvalue weighted by Crippen LogP contribution is -2.11. The summed E-state index contributed by atoms with van der Waals surface area (Å²) < 4.78 is 6.15. The molecule has 0 unspecified atom stereocenters. The highest BCUT2D eigenvalue weighted by molar-refractivity contribution is 9.11. The Morgan fingerprint density at radius 1 is 1.53 bits per heavy atom. The molecule has 0 heterocycles. The minimum absolute atomic E-state index is 0.113. The van der Waals surface area contributed by atoms with Crippen LogP contribution in [0, 0.1) is 5.41 Å². The van der Waals surface area contributed by atoms with Crippen molar-refractivity contribution in [3.8, 4) is 0 Å². The zero-order chi connectivity index (χ0) is 10.9. The molecule has 2 nitrogen and oxygen atoms in total. The maximum Gasteiger partial charge on any atom is 0.337 e. The molecule has 1 fully saturated rings. The van der Waals surface area contributed by atoms with Crippen molar-refractivity contribution >= 4 is 21.9 Å². The normalized spacial score (nSPS) is 22.8. The molecule has 3 heteroatoms. The first-order valence-electron chi connectivity index (χ1n) is 5.45. The molecule has 0 amide bonds. The van der Waals surface area contributed by atoms with Crippen molar-refractivity contribution in [2.24, 2.45) is 5.41 Å². The standard InChI is InChI=1S/C12H15BrO2/c1-2-15-11(14)9-7-10(13)12(8-9)5-3-4-6-12/h7-8H,2-6H2,1H3. The van der Waals surface area contributed by atoms with Crippen molar-refractivity contribution in [2.45, 2.75) is 32.6 Å². The van der Waals surface area contributed by atoms with Gasteiger partial charge in [-0.3, -0.25) is 0 Å². The first kappa shape index (κ1) is 10.9. The number of ether oxygens (including phenoxy) is 1. The predicted octanol–water partition coefficient (Wildman–Crippen LogP) is 3.33. The highest BCUT2D eigenvalue weighted by Gasteiger charge is 2.39. The van der Waals surface area contributed by atoms with Crippen LogP contribution in [0.4, 0.5) is 0 Å². The molecule has 0 atom stereocenters. The molecular formula is C12H15BrO2. The van der Waals surface area contributed by atoms with E-state index in [1.165, 1.54) is 12.8 Å². The summed E-state index contributed by atoms with van der Waals surface area (Å²) in [4.78, 5) is 11.6. The van der Waals surface area contributed by atoms with E-state index in [0.717, 1.165) is 17.3 Å². The van der Waals surface area contributed by atoms with E-state index in [1.807, 2.05) is 13.0 Å². The molecule has 0 bridgehead atoms. The fraction of sp³-hybridized carbons (Fsp3) is 0.583. The van der Waals surface area contributed by atoms with Gasteiger partial charge in [0.15, 0.2) is 0 Å². The third-order valence-corrected chi connectivity index (χ3v) is 4.22. The first-order chi connectivity index (χ1) is 7.18. The molecule has 2 aliphatic rings. The van der Waals surface area contributed by atoms with Crippen LogP contribution in [0.5, 0.6) is 0 Å². The number of hydrogen-bond donors (Lipinski definition) is 0. The minimum Gasteiger partial charge on any atom is -0.462 e. The molecule has 0 aliphatic heterocycles. The van der Waals surface area contributed by atoms with Crippen molar-refractivity contribution in [3.63, 3.8) is 0 Å². The Bertz CT molecular complexity index is 336. The summed E-state index contributed by atoms with van der Waals surface area (Å²) >= 11 is 3.58. The summed E-state index contributed by atoms with van der Waals surface area (Å²) in [5.74, 6) is -0.196. The Labute approximate surface area is 98.5 Å². The number of halogens is 1. The van der Waals surface area contributed by atoms with Crippen molar-refractivity contribution in [3.05, 3.63) is 22.2 Å². The van der Waals surface area contributed by atoms with Crippen molar-refractivity contribution in [1.29, 1.82) is 0 Å². The molecular weight excluding hydrogens is 256 g/mol. The Balaban J connectivity index is 2.19. The van der Waals surface area contributed by atoms with Crippen LogP contribution in [-0.4, -0.2) is 12.6 Å². The van der Waals surface area contributed by atoms with Crippen molar-refractivity contribution in [2.75, 3.05) is 6.61 Å². The average Bonchev–Trinajstić information content (AvgIpc) is 2.78. The Hall–Kier alpha value is -0.570. The van der Waals surface area contributed by atoms with Crippen LogP contribution in [0.15, 0.2) is 22.2 Å². The summed E-state index contributed by atoms with van der Waals surface area (Å²) in [6.45, 7) is 2.27. The van der Waals surface area contributed by atoms with Crippen LogP contribution < -0.4 is 0 Å². The summed E-state index contributed by atoms with van der Waals surface area (Å²) in [5.41, 5.74) is 0.827. The molecule has 1 saturated carbocycles. The van der Waals surface area contributed by atoms with Crippen LogP contribution in [0.1, 0.15) is 32.6 Å². The van der Waals surface area contributed by atoms with E-state index in [4.69, 9.17) is 4.74 Å². The van der Waals surface area contributed by atoms with E-state index in [9.17, 15) is 4.79 Å². The number of esters is 1. The second-order valence-electron chi connectivity index (χ2n) is 4.18. The molecule has 2 aliphatic carbocycles. The van der Waals surface area contributed by atoms with Gasteiger partial charge in [0.25, 0.3) is 0 Å². The van der Waals surface area contributed by atoms with E-state index < -0.39 is 0 Å². The maximum absolute atomic E-state index is 11.6. The lowest BCUT2D eigenvalue weighted by molar-refractivity contribution is -0.138. The monoisotopic (exact) mass is 270 g/mol. The molecule has 0 saturated heterocycles. The van der Waals surface area contributed by atoms with Gasteiger partial charge >= 0.3 is 5.97 Å². The maximum atomic E-state index is 11.6. The van der Waals surface area contributed by atoms with Crippen molar-refractivity contribution in [1.82, 2.24) is 0 Å². The van der Waals surface area contributed by atoms with Gasteiger partial charge in [-0.1, -0.05) is 34.8 Å². The number of rotatable bonds is 2. The zero-order valence-electron chi connectivity index (χ0n) is 8.88. The number of carbonyl (C=O) groups is 1. The van der Waals surface area contributed by atoms with Gasteiger partial charge in [0.2, 0.25) is 0 Å². The summed E-state index contributed by atoms with van der Waals surface area (Å²) in [6.07, 6.45) is 8.79. The van der Waals surface area contributed by atoms with Crippen LogP contribution in [-0.2, 0) is 9.53 Å². The van der Waals surface area contributed by atoms with Crippen LogP contribution in [0.2, 0.25) is 0 Å². The van der Waals surface area contributed by atoms with Gasteiger partial charge in [-0.05, 0) is 25.8 Å². The van der Waals surface area contributed by atoms with Gasteiger partial charge in [-0.2, -0.15) is 0 Å². The fourth-order valence-corrected chi connectivity index (χ4v) is 3.17. The zero-order valence-corrected chi connectivity index (χ0v) is 10.5. The SMILES string of the molecule is CCOC(=O)C1=CC2(CCCC2)C(Br)=C1. The second-order valence-corrected chi connectivity index (χ2v) is 5.03. The van der Waals surface area contributed by atoms with Gasteiger partial charge in [0.1, 0.15) is 0 Å². The quantitative estimate of drug-likeness (QED) is 0.720. The highest BCUT2D eigenvalue weighted by Crippen LogP contribution is 2.51. The van der Waals surface area contributed by atoms with E-state index in [1.54, 1.807) is 0 Å².